The van der Waals surface area contributed by atoms with Gasteiger partial charge in [0.1, 0.15) is 54.9 Å². The third-order valence-corrected chi connectivity index (χ3v) is 7.93. The van der Waals surface area contributed by atoms with Gasteiger partial charge in [-0.15, -0.1) is 0 Å². The maximum Gasteiger partial charge on any atom is 0.187 e. The van der Waals surface area contributed by atoms with Gasteiger partial charge >= 0.3 is 0 Å². The van der Waals surface area contributed by atoms with Gasteiger partial charge in [-0.1, -0.05) is 19.3 Å². The maximum atomic E-state index is 11.4. The minimum absolute atomic E-state index is 0.00682. The average molecular weight is 583 g/mol. The van der Waals surface area contributed by atoms with Crippen LogP contribution in [0, 0.1) is 0 Å². The Balaban J connectivity index is 1.58. The first kappa shape index (κ1) is 32.4. The Morgan fingerprint density at radius 1 is 0.625 bits per heavy atom. The molecule has 5 aliphatic heterocycles. The molecule has 0 radical (unpaired) electrons. The lowest BCUT2D eigenvalue weighted by molar-refractivity contribution is -0.385. The zero-order chi connectivity index (χ0) is 28.8. The molecule has 0 aromatic heterocycles. The Morgan fingerprint density at radius 2 is 1.25 bits per heavy atom. The summed E-state index contributed by atoms with van der Waals surface area (Å²) in [6, 6.07) is 0. The second-order valence-corrected chi connectivity index (χ2v) is 11.0. The highest BCUT2D eigenvalue weighted by molar-refractivity contribution is 4.95. The number of methoxy groups -OCH3 is 1. The first-order valence-corrected chi connectivity index (χ1v) is 14.2. The van der Waals surface area contributed by atoms with E-state index in [-0.39, 0.29) is 19.6 Å². The van der Waals surface area contributed by atoms with Gasteiger partial charge in [0, 0.05) is 26.7 Å². The Kier molecular flexibility index (Phi) is 12.3. The lowest BCUT2D eigenvalue weighted by Crippen LogP contribution is -2.66. The van der Waals surface area contributed by atoms with E-state index in [1.165, 1.54) is 7.11 Å². The summed E-state index contributed by atoms with van der Waals surface area (Å²) in [7, 11) is 1.36. The normalized spacial score (nSPS) is 48.6. The Labute approximate surface area is 234 Å². The van der Waals surface area contributed by atoms with Crippen molar-refractivity contribution in [1.29, 1.82) is 0 Å². The highest BCUT2D eigenvalue weighted by Crippen LogP contribution is 2.33. The van der Waals surface area contributed by atoms with Crippen molar-refractivity contribution in [1.82, 2.24) is 0 Å². The number of aliphatic hydroxyl groups excluding tert-OH is 6. The second kappa shape index (κ2) is 15.3. The predicted octanol–water partition coefficient (Wildman–Crippen LogP) is -1.85. The second-order valence-electron chi connectivity index (χ2n) is 11.0. The van der Waals surface area contributed by atoms with Gasteiger partial charge in [-0.2, -0.15) is 0 Å². The molecule has 0 saturated carbocycles. The van der Waals surface area contributed by atoms with Crippen molar-refractivity contribution < 1.29 is 68.5 Å². The molecule has 0 aromatic carbocycles. The third-order valence-electron chi connectivity index (χ3n) is 7.93. The largest absolute Gasteiger partial charge is 0.390 e. The fourth-order valence-corrected chi connectivity index (χ4v) is 5.40. The summed E-state index contributed by atoms with van der Waals surface area (Å²) in [6.07, 6.45) is -12.5. The van der Waals surface area contributed by atoms with Crippen LogP contribution in [0.1, 0.15) is 45.4 Å². The van der Waals surface area contributed by atoms with Crippen LogP contribution in [-0.4, -0.2) is 150 Å². The molecule has 5 saturated heterocycles. The van der Waals surface area contributed by atoms with E-state index < -0.39 is 86.0 Å². The van der Waals surface area contributed by atoms with Crippen LogP contribution in [0.5, 0.6) is 0 Å². The van der Waals surface area contributed by atoms with Crippen LogP contribution in [0.3, 0.4) is 0 Å². The monoisotopic (exact) mass is 582 g/mol. The van der Waals surface area contributed by atoms with Crippen LogP contribution >= 0.6 is 0 Å². The van der Waals surface area contributed by atoms with Gasteiger partial charge in [-0.25, -0.2) is 0 Å². The Hall–Kier alpha value is -0.560. The van der Waals surface area contributed by atoms with E-state index in [9.17, 15) is 30.6 Å². The molecule has 5 heterocycles. The van der Waals surface area contributed by atoms with Gasteiger partial charge < -0.3 is 68.5 Å². The summed E-state index contributed by atoms with van der Waals surface area (Å²) < 4.78 is 46.6. The molecule has 234 valence electrons. The Morgan fingerprint density at radius 3 is 1.90 bits per heavy atom. The molecule has 14 heteroatoms. The molecular weight excluding hydrogens is 536 g/mol. The van der Waals surface area contributed by atoms with E-state index in [1.807, 2.05) is 0 Å². The molecule has 0 aromatic rings. The van der Waals surface area contributed by atoms with Crippen LogP contribution in [0.4, 0.5) is 0 Å². The molecule has 5 fully saturated rings. The molecule has 14 atom stereocenters. The predicted molar refractivity (Wildman–Crippen MR) is 134 cm³/mol. The minimum atomic E-state index is -1.66. The van der Waals surface area contributed by atoms with Crippen molar-refractivity contribution in [3.8, 4) is 0 Å². The van der Waals surface area contributed by atoms with Crippen molar-refractivity contribution in [2.45, 2.75) is 131 Å². The minimum Gasteiger partial charge on any atom is -0.390 e. The van der Waals surface area contributed by atoms with E-state index in [0.717, 1.165) is 32.1 Å². The van der Waals surface area contributed by atoms with E-state index in [2.05, 4.69) is 0 Å². The van der Waals surface area contributed by atoms with Crippen molar-refractivity contribution in [3.63, 3.8) is 0 Å². The quantitative estimate of drug-likeness (QED) is 0.217. The molecule has 14 nitrogen and oxygen atoms in total. The fourth-order valence-electron chi connectivity index (χ4n) is 5.40. The summed E-state index contributed by atoms with van der Waals surface area (Å²) in [6.45, 7) is 2.52. The van der Waals surface area contributed by atoms with Gasteiger partial charge in [-0.05, 0) is 19.8 Å². The van der Waals surface area contributed by atoms with Crippen molar-refractivity contribution in [2.24, 2.45) is 0 Å². The van der Waals surface area contributed by atoms with Crippen LogP contribution in [0.2, 0.25) is 0 Å². The number of fused-ring (bicyclic) bond motifs is 12. The molecule has 0 unspecified atom stereocenters. The van der Waals surface area contributed by atoms with Gasteiger partial charge in [0.15, 0.2) is 18.9 Å². The van der Waals surface area contributed by atoms with E-state index in [0.29, 0.717) is 13.2 Å². The molecular formula is C26H46O14. The molecule has 4 bridgehead atoms. The van der Waals surface area contributed by atoms with Gasteiger partial charge in [0.25, 0.3) is 0 Å². The van der Waals surface area contributed by atoms with E-state index in [4.69, 9.17) is 37.9 Å². The molecule has 5 aliphatic rings. The molecule has 0 aliphatic carbocycles. The number of rotatable bonds is 3. The molecule has 0 amide bonds. The molecule has 40 heavy (non-hydrogen) atoms. The number of aliphatic hydroxyl groups is 6. The standard InChI is InChI=1S/C26H46O14/c1-13-14(27)10-15(28)24(36-13)39-22-19(30)17-12-35-9-7-5-3-4-6-8-34-11-16-18(29)20(31)21(32)25(37-16)40-23(22)26(33-2)38-17/h13-32H,3-12H2,1-2H3/t13-,14-,15-,16-,17-,18+,19-,20+,21-,22+,23+,24-,25-,26+/m1/s1. The highest BCUT2D eigenvalue weighted by atomic mass is 16.8. The number of hydrogen-bond acceptors (Lipinski definition) is 14. The van der Waals surface area contributed by atoms with Crippen molar-refractivity contribution in [3.05, 3.63) is 0 Å². The average Bonchev–Trinajstić information content (AvgIpc) is 2.93. The van der Waals surface area contributed by atoms with Crippen LogP contribution < -0.4 is 0 Å². The van der Waals surface area contributed by atoms with E-state index >= 15 is 0 Å². The summed E-state index contributed by atoms with van der Waals surface area (Å²) in [5.74, 6) is 0. The van der Waals surface area contributed by atoms with Gasteiger partial charge in [0.2, 0.25) is 0 Å². The highest BCUT2D eigenvalue weighted by Gasteiger charge is 2.53. The summed E-state index contributed by atoms with van der Waals surface area (Å²) in [5, 5.41) is 63.7. The summed E-state index contributed by atoms with van der Waals surface area (Å²) >= 11 is 0. The summed E-state index contributed by atoms with van der Waals surface area (Å²) in [5.41, 5.74) is 0. The third kappa shape index (κ3) is 7.88. The van der Waals surface area contributed by atoms with Crippen LogP contribution in [0.25, 0.3) is 0 Å². The molecule has 0 spiro atoms. The van der Waals surface area contributed by atoms with Crippen LogP contribution in [0.15, 0.2) is 0 Å². The maximum absolute atomic E-state index is 11.4. The van der Waals surface area contributed by atoms with E-state index in [1.54, 1.807) is 6.92 Å². The van der Waals surface area contributed by atoms with Crippen LogP contribution in [-0.2, 0) is 37.9 Å². The van der Waals surface area contributed by atoms with Crippen molar-refractivity contribution in [2.75, 3.05) is 33.5 Å². The fraction of sp³-hybridized carbons (Fsp3) is 1.00. The number of ether oxygens (including phenoxy) is 8. The summed E-state index contributed by atoms with van der Waals surface area (Å²) in [4.78, 5) is 0. The smallest absolute Gasteiger partial charge is 0.187 e. The number of hydrogen-bond donors (Lipinski definition) is 6. The first-order chi connectivity index (χ1) is 19.2. The molecule has 5 rings (SSSR count). The zero-order valence-electron chi connectivity index (χ0n) is 23.1. The van der Waals surface area contributed by atoms with Gasteiger partial charge in [-0.3, -0.25) is 0 Å². The Bertz CT molecular complexity index is 746. The first-order valence-electron chi connectivity index (χ1n) is 14.2. The van der Waals surface area contributed by atoms with Crippen molar-refractivity contribution >= 4 is 0 Å². The lowest BCUT2D eigenvalue weighted by atomic mass is 9.96. The van der Waals surface area contributed by atoms with Gasteiger partial charge in [0.05, 0.1) is 25.4 Å². The zero-order valence-corrected chi connectivity index (χ0v) is 23.1. The topological polar surface area (TPSA) is 195 Å². The SMILES string of the molecule is CO[C@H]1O[C@@H]2COCCCCCCCOC[C@H]3O[C@H](O[C@H]1[C@@H](O[C@H]1O[C@H](C)[C@H](O)C[C@H]1O)[C@@H]2O)[C@H](O)[C@@H](O)[C@H]3O. The molecule has 6 N–H and O–H groups in total. The lowest BCUT2D eigenvalue weighted by Gasteiger charge is -2.48.